The van der Waals surface area contributed by atoms with Crippen molar-refractivity contribution in [2.45, 2.75) is 25.1 Å². The van der Waals surface area contributed by atoms with Crippen LogP contribution in [0.15, 0.2) is 61.3 Å². The minimum Gasteiger partial charge on any atom is -0.301 e. The van der Waals surface area contributed by atoms with Crippen molar-refractivity contribution in [1.29, 1.82) is 0 Å². The van der Waals surface area contributed by atoms with Gasteiger partial charge in [-0.05, 0) is 42.7 Å². The van der Waals surface area contributed by atoms with Gasteiger partial charge in [-0.25, -0.2) is 19.0 Å². The van der Waals surface area contributed by atoms with Crippen LogP contribution in [0.5, 0.6) is 0 Å². The summed E-state index contributed by atoms with van der Waals surface area (Å²) in [6, 6.07) is 6.26. The predicted octanol–water partition coefficient (Wildman–Crippen LogP) is 4.02. The van der Waals surface area contributed by atoms with Gasteiger partial charge >= 0.3 is 6.18 Å². The average molecular weight is 483 g/mol. The number of halogens is 4. The highest BCUT2D eigenvalue weighted by Gasteiger charge is 2.40. The van der Waals surface area contributed by atoms with Crippen LogP contribution >= 0.6 is 0 Å². The summed E-state index contributed by atoms with van der Waals surface area (Å²) in [5, 5.41) is 7.97. The molecule has 3 aromatic heterocycles. The van der Waals surface area contributed by atoms with Gasteiger partial charge in [-0.1, -0.05) is 11.3 Å². The maximum Gasteiger partial charge on any atom is 0.406 e. The van der Waals surface area contributed by atoms with Gasteiger partial charge in [0, 0.05) is 35.9 Å². The van der Waals surface area contributed by atoms with Crippen LogP contribution in [0.4, 0.5) is 23.2 Å². The molecule has 5 rings (SSSR count). The monoisotopic (exact) mass is 483 g/mol. The number of aromatic nitrogens is 6. The topological polar surface area (TPSA) is 89.7 Å². The van der Waals surface area contributed by atoms with Gasteiger partial charge in [0.15, 0.2) is 5.82 Å². The standard InChI is InChI=1S/C23H17F4N7O/c24-17-2-1-3-19-16(17)4-5-20(22(35)33(19)13-23(25,26)27)34-12-18(31-32-34)21-29-10-15(11-30-21)14-6-8-28-9-7-14/h1-3,6-12,20H,4-5,13H2. The van der Waals surface area contributed by atoms with Gasteiger partial charge < -0.3 is 4.90 Å². The van der Waals surface area contributed by atoms with E-state index in [0.717, 1.165) is 17.2 Å². The van der Waals surface area contributed by atoms with E-state index in [1.165, 1.54) is 23.0 Å². The number of amides is 1. The van der Waals surface area contributed by atoms with Crippen LogP contribution in [0.25, 0.3) is 22.6 Å². The molecule has 1 aromatic carbocycles. The molecule has 35 heavy (non-hydrogen) atoms. The lowest BCUT2D eigenvalue weighted by Crippen LogP contribution is -2.42. The van der Waals surface area contributed by atoms with Crippen LogP contribution in [0, 0.1) is 5.82 Å². The average Bonchev–Trinajstić information content (AvgIpc) is 3.28. The zero-order chi connectivity index (χ0) is 24.6. The van der Waals surface area contributed by atoms with Crippen LogP contribution in [-0.2, 0) is 11.2 Å². The summed E-state index contributed by atoms with van der Waals surface area (Å²) in [5.41, 5.74) is 1.84. The molecule has 1 aliphatic heterocycles. The van der Waals surface area contributed by atoms with Crippen molar-refractivity contribution in [3.63, 3.8) is 0 Å². The van der Waals surface area contributed by atoms with Crippen LogP contribution in [0.2, 0.25) is 0 Å². The molecule has 0 saturated carbocycles. The fraction of sp³-hybridized carbons (Fsp3) is 0.217. The molecule has 0 spiro atoms. The first-order valence-corrected chi connectivity index (χ1v) is 10.6. The molecular weight excluding hydrogens is 466 g/mol. The van der Waals surface area contributed by atoms with E-state index < -0.39 is 30.5 Å². The van der Waals surface area contributed by atoms with Crippen LogP contribution < -0.4 is 4.90 Å². The van der Waals surface area contributed by atoms with Gasteiger partial charge in [0.2, 0.25) is 0 Å². The Morgan fingerprint density at radius 1 is 1.03 bits per heavy atom. The van der Waals surface area contributed by atoms with Crippen molar-refractivity contribution < 1.29 is 22.4 Å². The first kappa shape index (κ1) is 22.6. The van der Waals surface area contributed by atoms with E-state index in [1.807, 2.05) is 0 Å². The molecule has 8 nitrogen and oxygen atoms in total. The number of benzene rings is 1. The number of nitrogens with zero attached hydrogens (tertiary/aromatic N) is 7. The Morgan fingerprint density at radius 3 is 2.49 bits per heavy atom. The van der Waals surface area contributed by atoms with Crippen LogP contribution in [0.3, 0.4) is 0 Å². The van der Waals surface area contributed by atoms with Crippen molar-refractivity contribution in [1.82, 2.24) is 29.9 Å². The van der Waals surface area contributed by atoms with Crippen LogP contribution in [0.1, 0.15) is 18.0 Å². The lowest BCUT2D eigenvalue weighted by Gasteiger charge is -2.26. The maximum atomic E-state index is 14.4. The Hall–Kier alpha value is -4.22. The lowest BCUT2D eigenvalue weighted by molar-refractivity contribution is -0.134. The summed E-state index contributed by atoms with van der Waals surface area (Å²) in [6.07, 6.45) is 3.31. The number of hydrogen-bond acceptors (Lipinski definition) is 6. The van der Waals surface area contributed by atoms with E-state index in [0.29, 0.717) is 4.90 Å². The second kappa shape index (κ2) is 8.85. The molecule has 1 amide bonds. The van der Waals surface area contributed by atoms with Gasteiger partial charge in [-0.3, -0.25) is 9.78 Å². The largest absolute Gasteiger partial charge is 0.406 e. The van der Waals surface area contributed by atoms with Gasteiger partial charge in [-0.2, -0.15) is 13.2 Å². The fourth-order valence-electron chi connectivity index (χ4n) is 4.02. The number of pyridine rings is 1. The highest BCUT2D eigenvalue weighted by atomic mass is 19.4. The first-order valence-electron chi connectivity index (χ1n) is 10.6. The Labute approximate surface area is 196 Å². The quantitative estimate of drug-likeness (QED) is 0.408. The Kier molecular flexibility index (Phi) is 5.71. The Morgan fingerprint density at radius 2 is 1.77 bits per heavy atom. The van der Waals surface area contributed by atoms with Gasteiger partial charge in [0.1, 0.15) is 24.1 Å². The molecular formula is C23H17F4N7O. The third kappa shape index (κ3) is 4.59. The fourth-order valence-corrected chi connectivity index (χ4v) is 4.02. The zero-order valence-corrected chi connectivity index (χ0v) is 18.0. The van der Waals surface area contributed by atoms with Gasteiger partial charge in [0.25, 0.3) is 5.91 Å². The third-order valence-electron chi connectivity index (χ3n) is 5.67. The maximum absolute atomic E-state index is 14.4. The number of anilines is 1. The zero-order valence-electron chi connectivity index (χ0n) is 18.0. The smallest absolute Gasteiger partial charge is 0.301 e. The van der Waals surface area contributed by atoms with Gasteiger partial charge in [-0.15, -0.1) is 5.10 Å². The minimum atomic E-state index is -4.67. The lowest BCUT2D eigenvalue weighted by atomic mass is 10.1. The van der Waals surface area contributed by atoms with E-state index >= 15 is 0 Å². The highest BCUT2D eigenvalue weighted by molar-refractivity contribution is 5.97. The summed E-state index contributed by atoms with van der Waals surface area (Å²) in [7, 11) is 0. The molecule has 0 bridgehead atoms. The van der Waals surface area contributed by atoms with E-state index in [2.05, 4.69) is 25.3 Å². The Balaban J connectivity index is 1.44. The molecule has 0 fully saturated rings. The summed E-state index contributed by atoms with van der Waals surface area (Å²) in [4.78, 5) is 26.3. The predicted molar refractivity (Wildman–Crippen MR) is 116 cm³/mol. The van der Waals surface area contributed by atoms with E-state index in [1.54, 1.807) is 36.9 Å². The minimum absolute atomic E-state index is 0.0474. The van der Waals surface area contributed by atoms with E-state index in [4.69, 9.17) is 0 Å². The van der Waals surface area contributed by atoms with Crippen molar-refractivity contribution >= 4 is 11.6 Å². The second-order valence-electron chi connectivity index (χ2n) is 7.95. The normalized spacial score (nSPS) is 16.2. The number of carbonyl (C=O) groups is 1. The third-order valence-corrected chi connectivity index (χ3v) is 5.67. The summed E-state index contributed by atoms with van der Waals surface area (Å²) in [5.74, 6) is -1.28. The molecule has 4 aromatic rings. The van der Waals surface area contributed by atoms with E-state index in [-0.39, 0.29) is 35.6 Å². The Bertz CT molecular complexity index is 1360. The van der Waals surface area contributed by atoms with Crippen molar-refractivity contribution in [2.24, 2.45) is 0 Å². The molecule has 0 N–H and O–H groups in total. The number of rotatable bonds is 4. The highest BCUT2D eigenvalue weighted by Crippen LogP contribution is 2.35. The molecule has 1 aliphatic rings. The molecule has 178 valence electrons. The molecule has 1 atom stereocenters. The van der Waals surface area contributed by atoms with Crippen molar-refractivity contribution in [3.05, 3.63) is 72.7 Å². The van der Waals surface area contributed by atoms with E-state index in [9.17, 15) is 22.4 Å². The molecule has 1 unspecified atom stereocenters. The first-order chi connectivity index (χ1) is 16.8. The molecule has 0 saturated heterocycles. The van der Waals surface area contributed by atoms with Crippen molar-refractivity contribution in [2.75, 3.05) is 11.4 Å². The second-order valence-corrected chi connectivity index (χ2v) is 7.95. The molecule has 0 radical (unpaired) electrons. The summed E-state index contributed by atoms with van der Waals surface area (Å²) in [6.45, 7) is -1.54. The number of alkyl halides is 3. The van der Waals surface area contributed by atoms with Crippen LogP contribution in [-0.4, -0.2) is 48.6 Å². The summed E-state index contributed by atoms with van der Waals surface area (Å²) < 4.78 is 55.5. The molecule has 12 heteroatoms. The van der Waals surface area contributed by atoms with Crippen molar-refractivity contribution in [3.8, 4) is 22.6 Å². The number of hydrogen-bond donors (Lipinski definition) is 0. The SMILES string of the molecule is O=C1C(n2cc(-c3ncc(-c4ccncc4)cn3)nn2)CCc2c(F)cccc2N1CC(F)(F)F. The summed E-state index contributed by atoms with van der Waals surface area (Å²) >= 11 is 0. The number of fused-ring (bicyclic) bond motifs is 1. The number of carbonyl (C=O) groups excluding carboxylic acids is 1. The van der Waals surface area contributed by atoms with Gasteiger partial charge in [0.05, 0.1) is 11.9 Å². The molecule has 0 aliphatic carbocycles. The molecule has 4 heterocycles.